The summed E-state index contributed by atoms with van der Waals surface area (Å²) in [5, 5.41) is 0.559. The fraction of sp³-hybridized carbons (Fsp3) is 0.364. The van der Waals surface area contributed by atoms with Gasteiger partial charge >= 0.3 is 0 Å². The first kappa shape index (κ1) is 12.4. The van der Waals surface area contributed by atoms with Gasteiger partial charge in [-0.15, -0.1) is 0 Å². The fourth-order valence-corrected chi connectivity index (χ4v) is 1.79. The number of hydrogen-bond donors (Lipinski definition) is 0. The average molecular weight is 245 g/mol. The number of ether oxygens (including phenoxy) is 1. The van der Waals surface area contributed by atoms with Gasteiger partial charge in [-0.05, 0) is 24.5 Å². The smallest absolute Gasteiger partial charge is 0.167 e. The van der Waals surface area contributed by atoms with E-state index in [9.17, 15) is 4.79 Å². The van der Waals surface area contributed by atoms with E-state index in [2.05, 4.69) is 0 Å². The van der Waals surface area contributed by atoms with E-state index in [4.69, 9.17) is 16.3 Å². The third-order valence-corrected chi connectivity index (χ3v) is 2.84. The highest BCUT2D eigenvalue weighted by Crippen LogP contribution is 2.24. The SMILES string of the molecule is COc1ccc(Cl)cc1C(=O)CCSC. The number of Topliss-reactive ketones (excluding diaryl/α,β-unsaturated/α-hetero) is 1. The maximum absolute atomic E-state index is 11.8. The second-order valence-corrected chi connectivity index (χ2v) is 4.43. The molecule has 0 radical (unpaired) electrons. The van der Waals surface area contributed by atoms with Crippen LogP contribution in [0.5, 0.6) is 5.75 Å². The molecule has 82 valence electrons. The molecule has 1 aromatic rings. The molecule has 0 bridgehead atoms. The number of halogens is 1. The van der Waals surface area contributed by atoms with Gasteiger partial charge in [-0.3, -0.25) is 4.79 Å². The van der Waals surface area contributed by atoms with Crippen molar-refractivity contribution < 1.29 is 9.53 Å². The van der Waals surface area contributed by atoms with Crippen molar-refractivity contribution in [2.75, 3.05) is 19.1 Å². The highest BCUT2D eigenvalue weighted by molar-refractivity contribution is 7.98. The zero-order chi connectivity index (χ0) is 11.3. The highest BCUT2D eigenvalue weighted by Gasteiger charge is 2.12. The lowest BCUT2D eigenvalue weighted by Gasteiger charge is -2.07. The molecule has 0 aliphatic rings. The first-order chi connectivity index (χ1) is 7.19. The van der Waals surface area contributed by atoms with E-state index >= 15 is 0 Å². The van der Waals surface area contributed by atoms with Crippen LogP contribution in [-0.4, -0.2) is 24.9 Å². The van der Waals surface area contributed by atoms with Crippen LogP contribution in [0.25, 0.3) is 0 Å². The maximum atomic E-state index is 11.8. The lowest BCUT2D eigenvalue weighted by atomic mass is 10.1. The Morgan fingerprint density at radius 3 is 2.87 bits per heavy atom. The molecule has 0 aromatic heterocycles. The van der Waals surface area contributed by atoms with Crippen molar-refractivity contribution in [3.05, 3.63) is 28.8 Å². The van der Waals surface area contributed by atoms with Crippen LogP contribution < -0.4 is 4.74 Å². The van der Waals surface area contributed by atoms with Crippen molar-refractivity contribution in [2.24, 2.45) is 0 Å². The molecule has 0 heterocycles. The third-order valence-electron chi connectivity index (χ3n) is 2.00. The zero-order valence-electron chi connectivity index (χ0n) is 8.75. The lowest BCUT2D eigenvalue weighted by molar-refractivity contribution is 0.0986. The van der Waals surface area contributed by atoms with Crippen molar-refractivity contribution in [3.8, 4) is 5.75 Å². The molecule has 0 atom stereocenters. The minimum atomic E-state index is 0.0729. The van der Waals surface area contributed by atoms with Crippen LogP contribution >= 0.6 is 23.4 Å². The van der Waals surface area contributed by atoms with Gasteiger partial charge in [-0.2, -0.15) is 11.8 Å². The monoisotopic (exact) mass is 244 g/mol. The van der Waals surface area contributed by atoms with Crippen LogP contribution in [0.2, 0.25) is 5.02 Å². The van der Waals surface area contributed by atoms with E-state index < -0.39 is 0 Å². The Labute approximate surface area is 99.0 Å². The molecular weight excluding hydrogens is 232 g/mol. The van der Waals surface area contributed by atoms with Crippen LogP contribution in [0, 0.1) is 0 Å². The third kappa shape index (κ3) is 3.43. The van der Waals surface area contributed by atoms with Gasteiger partial charge < -0.3 is 4.74 Å². The van der Waals surface area contributed by atoms with Crippen LogP contribution in [-0.2, 0) is 0 Å². The summed E-state index contributed by atoms with van der Waals surface area (Å²) in [5.41, 5.74) is 0.569. The van der Waals surface area contributed by atoms with Crippen LogP contribution in [0.4, 0.5) is 0 Å². The number of rotatable bonds is 5. The Bertz CT molecular complexity index is 352. The van der Waals surface area contributed by atoms with Crippen LogP contribution in [0.3, 0.4) is 0 Å². The lowest BCUT2D eigenvalue weighted by Crippen LogP contribution is -2.03. The Kier molecular flexibility index (Phi) is 4.99. The van der Waals surface area contributed by atoms with Crippen LogP contribution in [0.15, 0.2) is 18.2 Å². The number of methoxy groups -OCH3 is 1. The maximum Gasteiger partial charge on any atom is 0.167 e. The molecule has 2 nitrogen and oxygen atoms in total. The Morgan fingerprint density at radius 2 is 2.27 bits per heavy atom. The van der Waals surface area contributed by atoms with Crippen molar-refractivity contribution in [2.45, 2.75) is 6.42 Å². The summed E-state index contributed by atoms with van der Waals surface area (Å²) in [5.74, 6) is 1.48. The normalized spacial score (nSPS) is 10.1. The van der Waals surface area contributed by atoms with E-state index in [1.54, 1.807) is 37.1 Å². The zero-order valence-corrected chi connectivity index (χ0v) is 10.3. The Balaban J connectivity index is 2.90. The summed E-state index contributed by atoms with van der Waals surface area (Å²) in [6.45, 7) is 0. The number of carbonyl (C=O) groups excluding carboxylic acids is 1. The number of hydrogen-bond acceptors (Lipinski definition) is 3. The van der Waals surface area contributed by atoms with Crippen LogP contribution in [0.1, 0.15) is 16.8 Å². The molecule has 0 amide bonds. The van der Waals surface area contributed by atoms with E-state index in [0.29, 0.717) is 22.8 Å². The molecule has 0 unspecified atom stereocenters. The predicted octanol–water partition coefficient (Wildman–Crippen LogP) is 3.28. The minimum Gasteiger partial charge on any atom is -0.496 e. The quantitative estimate of drug-likeness (QED) is 0.744. The summed E-state index contributed by atoms with van der Waals surface area (Å²) in [4.78, 5) is 11.8. The van der Waals surface area contributed by atoms with Gasteiger partial charge in [-0.1, -0.05) is 11.6 Å². The van der Waals surface area contributed by atoms with Crippen molar-refractivity contribution >= 4 is 29.1 Å². The molecule has 0 saturated carbocycles. The molecule has 0 spiro atoms. The van der Waals surface area contributed by atoms with E-state index in [0.717, 1.165) is 5.75 Å². The van der Waals surface area contributed by atoms with Gasteiger partial charge in [-0.25, -0.2) is 0 Å². The molecular formula is C11H13ClO2S. The van der Waals surface area contributed by atoms with E-state index in [1.165, 1.54) is 0 Å². The van der Waals surface area contributed by atoms with E-state index in [1.807, 2.05) is 6.26 Å². The Hall–Kier alpha value is -0.670. The molecule has 0 aliphatic heterocycles. The molecule has 0 saturated heterocycles. The number of carbonyl (C=O) groups is 1. The van der Waals surface area contributed by atoms with Crippen molar-refractivity contribution in [3.63, 3.8) is 0 Å². The molecule has 0 fully saturated rings. The number of benzene rings is 1. The van der Waals surface area contributed by atoms with Gasteiger partial charge in [0.15, 0.2) is 5.78 Å². The Morgan fingerprint density at radius 1 is 1.53 bits per heavy atom. The molecule has 1 rings (SSSR count). The molecule has 0 N–H and O–H groups in total. The summed E-state index contributed by atoms with van der Waals surface area (Å²) in [6, 6.07) is 5.09. The standard InChI is InChI=1S/C11H13ClO2S/c1-14-11-4-3-8(12)7-9(11)10(13)5-6-15-2/h3-4,7H,5-6H2,1-2H3. The molecule has 0 aliphatic carbocycles. The second kappa shape index (κ2) is 6.03. The molecule has 1 aromatic carbocycles. The van der Waals surface area contributed by atoms with Gasteiger partial charge in [0.25, 0.3) is 0 Å². The minimum absolute atomic E-state index is 0.0729. The number of ketones is 1. The highest BCUT2D eigenvalue weighted by atomic mass is 35.5. The first-order valence-corrected chi connectivity index (χ1v) is 6.32. The number of thioether (sulfide) groups is 1. The summed E-state index contributed by atoms with van der Waals surface area (Å²) < 4.78 is 5.12. The molecule has 4 heteroatoms. The molecule has 15 heavy (non-hydrogen) atoms. The van der Waals surface area contributed by atoms with Crippen molar-refractivity contribution in [1.82, 2.24) is 0 Å². The fourth-order valence-electron chi connectivity index (χ4n) is 1.23. The topological polar surface area (TPSA) is 26.3 Å². The van der Waals surface area contributed by atoms with Crippen molar-refractivity contribution in [1.29, 1.82) is 0 Å². The first-order valence-electron chi connectivity index (χ1n) is 4.54. The second-order valence-electron chi connectivity index (χ2n) is 3.01. The largest absolute Gasteiger partial charge is 0.496 e. The van der Waals surface area contributed by atoms with Gasteiger partial charge in [0, 0.05) is 17.2 Å². The van der Waals surface area contributed by atoms with E-state index in [-0.39, 0.29) is 5.78 Å². The van der Waals surface area contributed by atoms with Gasteiger partial charge in [0.05, 0.1) is 12.7 Å². The van der Waals surface area contributed by atoms with Gasteiger partial charge in [0.2, 0.25) is 0 Å². The average Bonchev–Trinajstić information content (AvgIpc) is 2.25. The summed E-state index contributed by atoms with van der Waals surface area (Å²) >= 11 is 7.49. The summed E-state index contributed by atoms with van der Waals surface area (Å²) in [6.07, 6.45) is 2.49. The van der Waals surface area contributed by atoms with Gasteiger partial charge in [0.1, 0.15) is 5.75 Å². The summed E-state index contributed by atoms with van der Waals surface area (Å²) in [7, 11) is 1.55. The predicted molar refractivity (Wildman–Crippen MR) is 65.3 cm³/mol.